The molecule has 0 unspecified atom stereocenters. The molecule has 0 radical (unpaired) electrons. The molecule has 1 saturated heterocycles. The first-order valence-electron chi connectivity index (χ1n) is 11.2. The van der Waals surface area contributed by atoms with Gasteiger partial charge in [-0.2, -0.15) is 0 Å². The van der Waals surface area contributed by atoms with Gasteiger partial charge in [0.2, 0.25) is 5.88 Å². The van der Waals surface area contributed by atoms with Gasteiger partial charge < -0.3 is 25.4 Å². The fourth-order valence-electron chi connectivity index (χ4n) is 3.70. The lowest BCUT2D eigenvalue weighted by molar-refractivity contribution is 0.0383. The van der Waals surface area contributed by atoms with Gasteiger partial charge in [0, 0.05) is 50.9 Å². The number of ether oxygens (including phenoxy) is 2. The maximum absolute atomic E-state index is 12.8. The molecule has 2 aromatic carbocycles. The zero-order chi connectivity index (χ0) is 22.9. The second-order valence-electron chi connectivity index (χ2n) is 7.77. The summed E-state index contributed by atoms with van der Waals surface area (Å²) in [6.45, 7) is 6.33. The van der Waals surface area contributed by atoms with Crippen molar-refractivity contribution in [3.05, 3.63) is 54.4 Å². The Morgan fingerprint density at radius 1 is 1.09 bits per heavy atom. The standard InChI is InChI=1S/C24H30N6O3/c1-25-7-8-26-22-16-23(29-17-28-22)33-19-5-6-20-18(15-19)3-2-4-21(20)24(31)27-9-10-30-11-13-32-14-12-30/h2-6,15-17,25H,7-14H2,1H3,(H,27,31)(H,26,28,29). The molecule has 1 aliphatic heterocycles. The van der Waals surface area contributed by atoms with E-state index in [0.29, 0.717) is 29.6 Å². The lowest BCUT2D eigenvalue weighted by atomic mass is 10.0. The highest BCUT2D eigenvalue weighted by molar-refractivity contribution is 6.07. The molecule has 3 aromatic rings. The quantitative estimate of drug-likeness (QED) is 0.404. The van der Waals surface area contributed by atoms with Crippen molar-refractivity contribution in [2.45, 2.75) is 0 Å². The molecule has 0 aliphatic carbocycles. The zero-order valence-corrected chi connectivity index (χ0v) is 18.8. The molecule has 1 amide bonds. The molecule has 1 aliphatic rings. The van der Waals surface area contributed by atoms with Crippen LogP contribution in [0, 0.1) is 0 Å². The van der Waals surface area contributed by atoms with E-state index in [1.54, 1.807) is 6.07 Å². The molecule has 0 saturated carbocycles. The van der Waals surface area contributed by atoms with Gasteiger partial charge in [0.15, 0.2) is 0 Å². The minimum Gasteiger partial charge on any atom is -0.439 e. The molecular formula is C24H30N6O3. The Hall–Kier alpha value is -3.27. The van der Waals surface area contributed by atoms with E-state index in [4.69, 9.17) is 9.47 Å². The maximum atomic E-state index is 12.8. The molecular weight excluding hydrogens is 420 g/mol. The Bertz CT molecular complexity index is 1070. The van der Waals surface area contributed by atoms with Gasteiger partial charge in [-0.05, 0) is 42.1 Å². The summed E-state index contributed by atoms with van der Waals surface area (Å²) in [6, 6.07) is 13.1. The Labute approximate surface area is 193 Å². The average molecular weight is 451 g/mol. The largest absolute Gasteiger partial charge is 0.439 e. The van der Waals surface area contributed by atoms with Crippen molar-refractivity contribution in [2.75, 3.05) is 64.8 Å². The third-order valence-electron chi connectivity index (χ3n) is 5.46. The summed E-state index contributed by atoms with van der Waals surface area (Å²) in [5, 5.41) is 11.1. The number of amides is 1. The first-order chi connectivity index (χ1) is 16.2. The van der Waals surface area contributed by atoms with Crippen LogP contribution in [0.1, 0.15) is 10.4 Å². The predicted molar refractivity (Wildman–Crippen MR) is 128 cm³/mol. The van der Waals surface area contributed by atoms with E-state index in [2.05, 4.69) is 30.8 Å². The van der Waals surface area contributed by atoms with Gasteiger partial charge in [-0.15, -0.1) is 0 Å². The topological polar surface area (TPSA) is 101 Å². The fourth-order valence-corrected chi connectivity index (χ4v) is 3.70. The molecule has 3 N–H and O–H groups in total. The number of carbonyl (C=O) groups is 1. The summed E-state index contributed by atoms with van der Waals surface area (Å²) in [6.07, 6.45) is 1.47. The minimum atomic E-state index is -0.0735. The number of hydrogen-bond acceptors (Lipinski definition) is 8. The first kappa shape index (κ1) is 22.9. The number of fused-ring (bicyclic) bond motifs is 1. The van der Waals surface area contributed by atoms with Gasteiger partial charge in [-0.1, -0.05) is 12.1 Å². The summed E-state index contributed by atoms with van der Waals surface area (Å²) >= 11 is 0. The summed E-state index contributed by atoms with van der Waals surface area (Å²) in [7, 11) is 1.90. The van der Waals surface area contributed by atoms with E-state index >= 15 is 0 Å². The lowest BCUT2D eigenvalue weighted by Gasteiger charge is -2.26. The van der Waals surface area contributed by atoms with E-state index in [1.165, 1.54) is 6.33 Å². The summed E-state index contributed by atoms with van der Waals surface area (Å²) in [5.74, 6) is 1.73. The normalized spacial score (nSPS) is 14.2. The highest BCUT2D eigenvalue weighted by atomic mass is 16.5. The maximum Gasteiger partial charge on any atom is 0.251 e. The van der Waals surface area contributed by atoms with Crippen LogP contribution in [0.25, 0.3) is 10.8 Å². The van der Waals surface area contributed by atoms with E-state index in [1.807, 2.05) is 43.4 Å². The number of aromatic nitrogens is 2. The van der Waals surface area contributed by atoms with Gasteiger partial charge in [-0.25, -0.2) is 9.97 Å². The van der Waals surface area contributed by atoms with E-state index in [9.17, 15) is 4.79 Å². The van der Waals surface area contributed by atoms with Crippen LogP contribution in [0.3, 0.4) is 0 Å². The fraction of sp³-hybridized carbons (Fsp3) is 0.375. The average Bonchev–Trinajstić information content (AvgIpc) is 2.84. The molecule has 1 fully saturated rings. The van der Waals surface area contributed by atoms with Crippen LogP contribution in [-0.2, 0) is 4.74 Å². The van der Waals surface area contributed by atoms with Gasteiger partial charge in [0.25, 0.3) is 5.91 Å². The predicted octanol–water partition coefficient (Wildman–Crippen LogP) is 2.12. The van der Waals surface area contributed by atoms with Gasteiger partial charge >= 0.3 is 0 Å². The Morgan fingerprint density at radius 3 is 2.82 bits per heavy atom. The zero-order valence-electron chi connectivity index (χ0n) is 18.8. The Morgan fingerprint density at radius 2 is 1.97 bits per heavy atom. The molecule has 4 rings (SSSR count). The molecule has 0 bridgehead atoms. The minimum absolute atomic E-state index is 0.0735. The van der Waals surface area contributed by atoms with Crippen molar-refractivity contribution in [1.82, 2.24) is 25.5 Å². The second kappa shape index (κ2) is 11.6. The van der Waals surface area contributed by atoms with Crippen LogP contribution < -0.4 is 20.7 Å². The molecule has 174 valence electrons. The molecule has 0 spiro atoms. The van der Waals surface area contributed by atoms with Crippen molar-refractivity contribution < 1.29 is 14.3 Å². The highest BCUT2D eigenvalue weighted by Gasteiger charge is 2.13. The Balaban J connectivity index is 1.40. The molecule has 9 heteroatoms. The van der Waals surface area contributed by atoms with E-state index in [0.717, 1.165) is 56.7 Å². The summed E-state index contributed by atoms with van der Waals surface area (Å²) in [5.41, 5.74) is 0.652. The van der Waals surface area contributed by atoms with Crippen molar-refractivity contribution in [1.29, 1.82) is 0 Å². The SMILES string of the molecule is CNCCNc1cc(Oc2ccc3c(C(=O)NCCN4CCOCC4)cccc3c2)ncn1. The lowest BCUT2D eigenvalue weighted by Crippen LogP contribution is -2.41. The molecule has 2 heterocycles. The van der Waals surface area contributed by atoms with Gasteiger partial charge in [0.05, 0.1) is 13.2 Å². The number of benzene rings is 2. The monoisotopic (exact) mass is 450 g/mol. The smallest absolute Gasteiger partial charge is 0.251 e. The van der Waals surface area contributed by atoms with Crippen molar-refractivity contribution in [3.8, 4) is 11.6 Å². The van der Waals surface area contributed by atoms with E-state index < -0.39 is 0 Å². The van der Waals surface area contributed by atoms with Crippen LogP contribution >= 0.6 is 0 Å². The molecule has 33 heavy (non-hydrogen) atoms. The second-order valence-corrected chi connectivity index (χ2v) is 7.77. The van der Waals surface area contributed by atoms with Crippen molar-refractivity contribution in [2.24, 2.45) is 0 Å². The number of rotatable bonds is 10. The van der Waals surface area contributed by atoms with Crippen LogP contribution in [0.2, 0.25) is 0 Å². The van der Waals surface area contributed by atoms with Crippen LogP contribution in [-0.4, -0.2) is 80.3 Å². The third-order valence-corrected chi connectivity index (χ3v) is 5.46. The number of anilines is 1. The van der Waals surface area contributed by atoms with Gasteiger partial charge in [0.1, 0.15) is 17.9 Å². The third kappa shape index (κ3) is 6.38. The van der Waals surface area contributed by atoms with E-state index in [-0.39, 0.29) is 5.91 Å². The Kier molecular flexibility index (Phi) is 8.02. The molecule has 0 atom stereocenters. The number of hydrogen-bond donors (Lipinski definition) is 3. The molecule has 9 nitrogen and oxygen atoms in total. The molecule has 1 aromatic heterocycles. The van der Waals surface area contributed by atoms with Crippen LogP contribution in [0.5, 0.6) is 11.6 Å². The number of carbonyl (C=O) groups excluding carboxylic acids is 1. The van der Waals surface area contributed by atoms with Crippen LogP contribution in [0.4, 0.5) is 5.82 Å². The van der Waals surface area contributed by atoms with Crippen molar-refractivity contribution >= 4 is 22.5 Å². The first-order valence-corrected chi connectivity index (χ1v) is 11.2. The number of nitrogens with one attached hydrogen (secondary N) is 3. The summed E-state index contributed by atoms with van der Waals surface area (Å²) < 4.78 is 11.3. The number of morpholine rings is 1. The van der Waals surface area contributed by atoms with Crippen molar-refractivity contribution in [3.63, 3.8) is 0 Å². The number of nitrogens with zero attached hydrogens (tertiary/aromatic N) is 3. The number of likely N-dealkylation sites (N-methyl/N-ethyl adjacent to an activating group) is 1. The summed E-state index contributed by atoms with van der Waals surface area (Å²) in [4.78, 5) is 23.5. The highest BCUT2D eigenvalue weighted by Crippen LogP contribution is 2.27. The van der Waals surface area contributed by atoms with Gasteiger partial charge in [-0.3, -0.25) is 9.69 Å². The van der Waals surface area contributed by atoms with Crippen LogP contribution in [0.15, 0.2) is 48.8 Å².